The second-order valence-electron chi connectivity index (χ2n) is 3.87. The number of nitrogens with one attached hydrogen (secondary N) is 1. The zero-order chi connectivity index (χ0) is 10.4. The number of amides is 1. The lowest BCUT2D eigenvalue weighted by Crippen LogP contribution is -2.40. The van der Waals surface area contributed by atoms with Crippen LogP contribution in [0.15, 0.2) is 0 Å². The van der Waals surface area contributed by atoms with Gasteiger partial charge in [-0.3, -0.25) is 4.79 Å². The first-order chi connectivity index (χ1) is 6.74. The van der Waals surface area contributed by atoms with Gasteiger partial charge >= 0.3 is 0 Å². The first kappa shape index (κ1) is 11.5. The lowest BCUT2D eigenvalue weighted by molar-refractivity contribution is -0.128. The number of ether oxygens (including phenoxy) is 1. The summed E-state index contributed by atoms with van der Waals surface area (Å²) in [5, 5.41) is 2.98. The predicted octanol–water partition coefficient (Wildman–Crippen LogP) is 0.267. The molecule has 0 saturated carbocycles. The van der Waals surface area contributed by atoms with Gasteiger partial charge in [0.2, 0.25) is 5.91 Å². The molecule has 1 heterocycles. The SMILES string of the molecule is CC(CCN)NC(=O)C1CCOCC1. The van der Waals surface area contributed by atoms with Gasteiger partial charge in [0.15, 0.2) is 0 Å². The molecule has 0 aliphatic carbocycles. The van der Waals surface area contributed by atoms with Crippen molar-refractivity contribution in [1.82, 2.24) is 5.32 Å². The molecule has 1 fully saturated rings. The molecule has 0 radical (unpaired) electrons. The molecular formula is C10H20N2O2. The molecule has 0 bridgehead atoms. The van der Waals surface area contributed by atoms with Crippen LogP contribution in [0.25, 0.3) is 0 Å². The van der Waals surface area contributed by atoms with Crippen LogP contribution >= 0.6 is 0 Å². The number of rotatable bonds is 4. The lowest BCUT2D eigenvalue weighted by atomic mass is 9.99. The Morgan fingerprint density at radius 1 is 1.57 bits per heavy atom. The summed E-state index contributed by atoms with van der Waals surface area (Å²) in [5.74, 6) is 0.304. The molecule has 14 heavy (non-hydrogen) atoms. The minimum Gasteiger partial charge on any atom is -0.381 e. The molecule has 4 heteroatoms. The van der Waals surface area contributed by atoms with Gasteiger partial charge in [-0.1, -0.05) is 0 Å². The van der Waals surface area contributed by atoms with E-state index >= 15 is 0 Å². The maximum Gasteiger partial charge on any atom is 0.223 e. The number of nitrogens with two attached hydrogens (primary N) is 1. The summed E-state index contributed by atoms with van der Waals surface area (Å²) in [6, 6.07) is 0.190. The highest BCUT2D eigenvalue weighted by Crippen LogP contribution is 2.14. The molecule has 0 aromatic carbocycles. The van der Waals surface area contributed by atoms with Gasteiger partial charge in [-0.25, -0.2) is 0 Å². The highest BCUT2D eigenvalue weighted by molar-refractivity contribution is 5.78. The van der Waals surface area contributed by atoms with Crippen LogP contribution < -0.4 is 11.1 Å². The minimum absolute atomic E-state index is 0.143. The average molecular weight is 200 g/mol. The van der Waals surface area contributed by atoms with Crippen molar-refractivity contribution in [2.45, 2.75) is 32.2 Å². The van der Waals surface area contributed by atoms with Crippen molar-refractivity contribution >= 4 is 5.91 Å². The molecule has 1 amide bonds. The molecule has 1 rings (SSSR count). The summed E-state index contributed by atoms with van der Waals surface area (Å²) in [6.45, 7) is 4.03. The monoisotopic (exact) mass is 200 g/mol. The first-order valence-corrected chi connectivity index (χ1v) is 5.32. The number of carbonyl (C=O) groups excluding carboxylic acids is 1. The van der Waals surface area contributed by atoms with Crippen LogP contribution in [0.3, 0.4) is 0 Å². The van der Waals surface area contributed by atoms with Crippen LogP contribution in [0, 0.1) is 5.92 Å². The molecule has 0 aromatic heterocycles. The Balaban J connectivity index is 2.25. The maximum atomic E-state index is 11.7. The van der Waals surface area contributed by atoms with E-state index in [1.807, 2.05) is 6.92 Å². The third-order valence-corrected chi connectivity index (χ3v) is 2.58. The molecule has 0 aromatic rings. The van der Waals surface area contributed by atoms with Crippen molar-refractivity contribution in [3.05, 3.63) is 0 Å². The van der Waals surface area contributed by atoms with Gasteiger partial charge < -0.3 is 15.8 Å². The number of carbonyl (C=O) groups is 1. The van der Waals surface area contributed by atoms with Crippen LogP contribution in [0.2, 0.25) is 0 Å². The van der Waals surface area contributed by atoms with Gasteiger partial charge in [0.05, 0.1) is 0 Å². The van der Waals surface area contributed by atoms with Gasteiger partial charge in [-0.05, 0) is 32.7 Å². The number of hydrogen-bond donors (Lipinski definition) is 2. The predicted molar refractivity (Wildman–Crippen MR) is 54.8 cm³/mol. The van der Waals surface area contributed by atoms with Crippen molar-refractivity contribution in [3.63, 3.8) is 0 Å². The van der Waals surface area contributed by atoms with Crippen molar-refractivity contribution < 1.29 is 9.53 Å². The zero-order valence-electron chi connectivity index (χ0n) is 8.79. The summed E-state index contributed by atoms with van der Waals surface area (Å²) < 4.78 is 5.20. The summed E-state index contributed by atoms with van der Waals surface area (Å²) in [5.41, 5.74) is 5.41. The normalized spacial score (nSPS) is 20.4. The fourth-order valence-corrected chi connectivity index (χ4v) is 1.64. The highest BCUT2D eigenvalue weighted by atomic mass is 16.5. The van der Waals surface area contributed by atoms with Crippen LogP contribution in [-0.4, -0.2) is 31.7 Å². The highest BCUT2D eigenvalue weighted by Gasteiger charge is 2.22. The third-order valence-electron chi connectivity index (χ3n) is 2.58. The van der Waals surface area contributed by atoms with E-state index in [4.69, 9.17) is 10.5 Å². The summed E-state index contributed by atoms with van der Waals surface area (Å²) >= 11 is 0. The molecule has 1 saturated heterocycles. The standard InChI is InChI=1S/C10H20N2O2/c1-8(2-5-11)12-10(13)9-3-6-14-7-4-9/h8-9H,2-7,11H2,1H3,(H,12,13). The average Bonchev–Trinajstić information content (AvgIpc) is 2.19. The molecule has 1 unspecified atom stereocenters. The van der Waals surface area contributed by atoms with E-state index in [1.54, 1.807) is 0 Å². The van der Waals surface area contributed by atoms with Gasteiger partial charge in [0.1, 0.15) is 0 Å². The molecule has 4 nitrogen and oxygen atoms in total. The summed E-state index contributed by atoms with van der Waals surface area (Å²) in [4.78, 5) is 11.7. The number of hydrogen-bond acceptors (Lipinski definition) is 3. The Hall–Kier alpha value is -0.610. The molecule has 1 atom stereocenters. The molecule has 1 aliphatic rings. The largest absolute Gasteiger partial charge is 0.381 e. The van der Waals surface area contributed by atoms with E-state index in [9.17, 15) is 4.79 Å². The first-order valence-electron chi connectivity index (χ1n) is 5.32. The van der Waals surface area contributed by atoms with E-state index in [0.717, 1.165) is 19.3 Å². The van der Waals surface area contributed by atoms with Crippen LogP contribution in [0.4, 0.5) is 0 Å². The molecule has 1 aliphatic heterocycles. The third kappa shape index (κ3) is 3.64. The Labute approximate surface area is 85.2 Å². The van der Waals surface area contributed by atoms with Gasteiger partial charge in [-0.15, -0.1) is 0 Å². The van der Waals surface area contributed by atoms with E-state index in [0.29, 0.717) is 19.8 Å². The smallest absolute Gasteiger partial charge is 0.223 e. The Morgan fingerprint density at radius 2 is 2.21 bits per heavy atom. The van der Waals surface area contributed by atoms with E-state index < -0.39 is 0 Å². The second kappa shape index (κ2) is 5.98. The van der Waals surface area contributed by atoms with Gasteiger partial charge in [-0.2, -0.15) is 0 Å². The Bertz CT molecular complexity index is 179. The zero-order valence-corrected chi connectivity index (χ0v) is 8.79. The molecular weight excluding hydrogens is 180 g/mol. The summed E-state index contributed by atoms with van der Waals surface area (Å²) in [6.07, 6.45) is 2.54. The molecule has 0 spiro atoms. The Kier molecular flexibility index (Phi) is 4.90. The van der Waals surface area contributed by atoms with E-state index in [-0.39, 0.29) is 17.9 Å². The van der Waals surface area contributed by atoms with Crippen LogP contribution in [0.1, 0.15) is 26.2 Å². The van der Waals surface area contributed by atoms with Crippen molar-refractivity contribution in [1.29, 1.82) is 0 Å². The van der Waals surface area contributed by atoms with Crippen molar-refractivity contribution in [2.75, 3.05) is 19.8 Å². The van der Waals surface area contributed by atoms with Crippen molar-refractivity contribution in [3.8, 4) is 0 Å². The van der Waals surface area contributed by atoms with Gasteiger partial charge in [0, 0.05) is 25.2 Å². The lowest BCUT2D eigenvalue weighted by Gasteiger charge is -2.23. The maximum absolute atomic E-state index is 11.7. The molecule has 3 N–H and O–H groups in total. The van der Waals surface area contributed by atoms with Crippen molar-refractivity contribution in [2.24, 2.45) is 11.7 Å². The van der Waals surface area contributed by atoms with Crippen LogP contribution in [-0.2, 0) is 9.53 Å². The quantitative estimate of drug-likeness (QED) is 0.684. The second-order valence-corrected chi connectivity index (χ2v) is 3.87. The topological polar surface area (TPSA) is 64.3 Å². The Morgan fingerprint density at radius 3 is 2.79 bits per heavy atom. The van der Waals surface area contributed by atoms with E-state index in [1.165, 1.54) is 0 Å². The molecule has 82 valence electrons. The fraction of sp³-hybridized carbons (Fsp3) is 0.900. The summed E-state index contributed by atoms with van der Waals surface area (Å²) in [7, 11) is 0. The van der Waals surface area contributed by atoms with Gasteiger partial charge in [0.25, 0.3) is 0 Å². The van der Waals surface area contributed by atoms with E-state index in [2.05, 4.69) is 5.32 Å². The fourth-order valence-electron chi connectivity index (χ4n) is 1.64. The minimum atomic E-state index is 0.143. The van der Waals surface area contributed by atoms with Crippen LogP contribution in [0.5, 0.6) is 0 Å².